The Morgan fingerprint density at radius 3 is 2.47 bits per heavy atom. The van der Waals surface area contributed by atoms with Crippen molar-refractivity contribution in [3.63, 3.8) is 0 Å². The molecule has 0 aliphatic carbocycles. The van der Waals surface area contributed by atoms with Gasteiger partial charge in [0.25, 0.3) is 0 Å². The maximum absolute atomic E-state index is 13.4. The van der Waals surface area contributed by atoms with E-state index in [4.69, 9.17) is 4.74 Å². The molecule has 1 fully saturated rings. The third-order valence-corrected chi connectivity index (χ3v) is 5.28. The minimum Gasteiger partial charge on any atom is -0.460 e. The van der Waals surface area contributed by atoms with E-state index in [2.05, 4.69) is 11.9 Å². The molecule has 2 aromatic carbocycles. The molecule has 0 bridgehead atoms. The molecule has 3 rings (SSSR count). The van der Waals surface area contributed by atoms with Gasteiger partial charge in [-0.3, -0.25) is 9.59 Å². The number of hydrogen-bond donors (Lipinski definition) is 1. The molecule has 1 aliphatic rings. The number of carbonyl (C=O) groups excluding carboxylic acids is 3. The summed E-state index contributed by atoms with van der Waals surface area (Å²) < 4.78 is 5.17. The first-order chi connectivity index (χ1) is 15.6. The Balaban J connectivity index is 1.75. The molecule has 0 unspecified atom stereocenters. The molecular weight excluding hydrogens is 404 g/mol. The van der Waals surface area contributed by atoms with E-state index in [1.807, 2.05) is 60.7 Å². The molecule has 32 heavy (non-hydrogen) atoms. The van der Waals surface area contributed by atoms with Crippen LogP contribution in [0, 0.1) is 0 Å². The van der Waals surface area contributed by atoms with Gasteiger partial charge in [-0.1, -0.05) is 73.3 Å². The highest BCUT2D eigenvalue weighted by molar-refractivity contribution is 5.96. The summed E-state index contributed by atoms with van der Waals surface area (Å²) >= 11 is 0. The minimum absolute atomic E-state index is 0.103. The fourth-order valence-electron chi connectivity index (χ4n) is 3.72. The SMILES string of the molecule is C=CCOC(=O)[C@@H]1CCCN1C(=O)[C@@H](Cc1ccccc1)NC(=O)/C=C/c1ccccc1. The van der Waals surface area contributed by atoms with Crippen molar-refractivity contribution < 1.29 is 19.1 Å². The van der Waals surface area contributed by atoms with Crippen LogP contribution in [0.15, 0.2) is 79.4 Å². The zero-order valence-corrected chi connectivity index (χ0v) is 18.0. The van der Waals surface area contributed by atoms with Gasteiger partial charge in [0.15, 0.2) is 0 Å². The highest BCUT2D eigenvalue weighted by Gasteiger charge is 2.38. The first-order valence-electron chi connectivity index (χ1n) is 10.7. The largest absolute Gasteiger partial charge is 0.460 e. The topological polar surface area (TPSA) is 75.7 Å². The first-order valence-corrected chi connectivity index (χ1v) is 10.7. The number of nitrogens with one attached hydrogen (secondary N) is 1. The van der Waals surface area contributed by atoms with E-state index in [0.717, 1.165) is 11.1 Å². The minimum atomic E-state index is -0.793. The van der Waals surface area contributed by atoms with Crippen LogP contribution in [0.2, 0.25) is 0 Å². The number of benzene rings is 2. The Kier molecular flexibility index (Phi) is 8.37. The van der Waals surface area contributed by atoms with Crippen molar-refractivity contribution in [2.45, 2.75) is 31.3 Å². The number of hydrogen-bond acceptors (Lipinski definition) is 4. The van der Waals surface area contributed by atoms with Crippen LogP contribution in [-0.2, 0) is 25.5 Å². The molecule has 0 aromatic heterocycles. The maximum atomic E-state index is 13.4. The van der Waals surface area contributed by atoms with Gasteiger partial charge >= 0.3 is 5.97 Å². The van der Waals surface area contributed by atoms with Crippen molar-refractivity contribution >= 4 is 23.9 Å². The summed E-state index contributed by atoms with van der Waals surface area (Å²) in [6.07, 6.45) is 6.19. The fraction of sp³-hybridized carbons (Fsp3) is 0.269. The molecular formula is C26H28N2O4. The maximum Gasteiger partial charge on any atom is 0.329 e. The van der Waals surface area contributed by atoms with Gasteiger partial charge in [-0.25, -0.2) is 4.79 Å². The molecule has 2 amide bonds. The average Bonchev–Trinajstić information content (AvgIpc) is 3.32. The molecule has 1 saturated heterocycles. The first kappa shape index (κ1) is 23.0. The molecule has 0 spiro atoms. The van der Waals surface area contributed by atoms with Crippen LogP contribution < -0.4 is 5.32 Å². The zero-order chi connectivity index (χ0) is 22.8. The average molecular weight is 433 g/mol. The molecule has 1 heterocycles. The molecule has 6 nitrogen and oxygen atoms in total. The Morgan fingerprint density at radius 1 is 1.09 bits per heavy atom. The predicted octanol–water partition coefficient (Wildman–Crippen LogP) is 3.15. The van der Waals surface area contributed by atoms with Crippen LogP contribution >= 0.6 is 0 Å². The van der Waals surface area contributed by atoms with Crippen LogP contribution in [0.4, 0.5) is 0 Å². The summed E-state index contributed by atoms with van der Waals surface area (Å²) in [4.78, 5) is 40.0. The molecule has 1 aliphatic heterocycles. The molecule has 6 heteroatoms. The standard InChI is InChI=1S/C26H28N2O4/c1-2-18-32-26(31)23-14-9-17-28(23)25(30)22(19-21-12-7-4-8-13-21)27-24(29)16-15-20-10-5-3-6-11-20/h2-8,10-13,15-16,22-23H,1,9,14,17-19H2,(H,27,29)/b16-15+/t22-,23+/m1/s1. The summed E-state index contributed by atoms with van der Waals surface area (Å²) in [5.74, 6) is -1.09. The van der Waals surface area contributed by atoms with E-state index in [-0.39, 0.29) is 18.4 Å². The van der Waals surface area contributed by atoms with E-state index in [0.29, 0.717) is 25.8 Å². The van der Waals surface area contributed by atoms with Crippen molar-refractivity contribution in [2.24, 2.45) is 0 Å². The van der Waals surface area contributed by atoms with Gasteiger partial charge in [0.05, 0.1) is 0 Å². The molecule has 0 saturated carbocycles. The number of esters is 1. The van der Waals surface area contributed by atoms with E-state index in [1.165, 1.54) is 17.1 Å². The van der Waals surface area contributed by atoms with Crippen molar-refractivity contribution in [2.75, 3.05) is 13.2 Å². The number of rotatable bonds is 9. The molecule has 1 N–H and O–H groups in total. The van der Waals surface area contributed by atoms with Gasteiger partial charge < -0.3 is 15.0 Å². The summed E-state index contributed by atoms with van der Waals surface area (Å²) in [5, 5.41) is 2.83. The van der Waals surface area contributed by atoms with Crippen LogP contribution in [-0.4, -0.2) is 47.9 Å². The fourth-order valence-corrected chi connectivity index (χ4v) is 3.72. The van der Waals surface area contributed by atoms with E-state index < -0.39 is 18.1 Å². The molecule has 2 aromatic rings. The van der Waals surface area contributed by atoms with Gasteiger partial charge in [-0.15, -0.1) is 0 Å². The molecule has 2 atom stereocenters. The Bertz CT molecular complexity index is 956. The lowest BCUT2D eigenvalue weighted by Gasteiger charge is -2.28. The van der Waals surface area contributed by atoms with Crippen molar-refractivity contribution in [1.82, 2.24) is 10.2 Å². The lowest BCUT2D eigenvalue weighted by molar-refractivity contribution is -0.153. The summed E-state index contributed by atoms with van der Waals surface area (Å²) in [6.45, 7) is 4.10. The normalized spacial score (nSPS) is 16.5. The number of ether oxygens (including phenoxy) is 1. The highest BCUT2D eigenvalue weighted by Crippen LogP contribution is 2.21. The van der Waals surface area contributed by atoms with Crippen LogP contribution in [0.25, 0.3) is 6.08 Å². The lowest BCUT2D eigenvalue weighted by Crippen LogP contribution is -2.52. The number of nitrogens with zero attached hydrogens (tertiary/aromatic N) is 1. The molecule has 166 valence electrons. The van der Waals surface area contributed by atoms with Crippen LogP contribution in [0.1, 0.15) is 24.0 Å². The van der Waals surface area contributed by atoms with Gasteiger partial charge in [0.2, 0.25) is 11.8 Å². The van der Waals surface area contributed by atoms with Gasteiger partial charge in [-0.05, 0) is 30.0 Å². The number of amides is 2. The van der Waals surface area contributed by atoms with Crippen molar-refractivity contribution in [3.8, 4) is 0 Å². The second kappa shape index (κ2) is 11.6. The quantitative estimate of drug-likeness (QED) is 0.375. The number of carbonyl (C=O) groups is 3. The van der Waals surface area contributed by atoms with E-state index >= 15 is 0 Å². The predicted molar refractivity (Wildman–Crippen MR) is 123 cm³/mol. The lowest BCUT2D eigenvalue weighted by atomic mass is 10.0. The van der Waals surface area contributed by atoms with Gasteiger partial charge in [0, 0.05) is 19.0 Å². The highest BCUT2D eigenvalue weighted by atomic mass is 16.5. The van der Waals surface area contributed by atoms with E-state index in [1.54, 1.807) is 6.08 Å². The van der Waals surface area contributed by atoms with Crippen molar-refractivity contribution in [3.05, 3.63) is 90.5 Å². The Hall–Kier alpha value is -3.67. The zero-order valence-electron chi connectivity index (χ0n) is 18.0. The Labute approximate surface area is 188 Å². The summed E-state index contributed by atoms with van der Waals surface area (Å²) in [6, 6.07) is 17.5. The number of likely N-dealkylation sites (tertiary alicyclic amines) is 1. The smallest absolute Gasteiger partial charge is 0.329 e. The molecule has 0 radical (unpaired) electrons. The van der Waals surface area contributed by atoms with Crippen molar-refractivity contribution in [1.29, 1.82) is 0 Å². The van der Waals surface area contributed by atoms with Crippen LogP contribution in [0.3, 0.4) is 0 Å². The van der Waals surface area contributed by atoms with Gasteiger partial charge in [0.1, 0.15) is 18.7 Å². The summed E-state index contributed by atoms with van der Waals surface area (Å²) in [7, 11) is 0. The van der Waals surface area contributed by atoms with Crippen LogP contribution in [0.5, 0.6) is 0 Å². The third-order valence-electron chi connectivity index (χ3n) is 5.28. The summed E-state index contributed by atoms with van der Waals surface area (Å²) in [5.41, 5.74) is 1.81. The van der Waals surface area contributed by atoms with Gasteiger partial charge in [-0.2, -0.15) is 0 Å². The second-order valence-corrected chi connectivity index (χ2v) is 7.60. The monoisotopic (exact) mass is 432 g/mol. The Morgan fingerprint density at radius 2 is 1.78 bits per heavy atom. The second-order valence-electron chi connectivity index (χ2n) is 7.60. The van der Waals surface area contributed by atoms with E-state index in [9.17, 15) is 14.4 Å². The third kappa shape index (κ3) is 6.41.